The Morgan fingerprint density at radius 3 is 2.08 bits per heavy atom. The van der Waals surface area contributed by atoms with Crippen molar-refractivity contribution in [3.05, 3.63) is 17.7 Å². The normalized spacial score (nSPS) is 11.1. The summed E-state index contributed by atoms with van der Waals surface area (Å²) in [4.78, 5) is 4.20. The first-order valence-electron chi connectivity index (χ1n) is 7.92. The molecule has 0 unspecified atom stereocenters. The van der Waals surface area contributed by atoms with Gasteiger partial charge in [-0.2, -0.15) is 0 Å². The molecule has 0 amide bonds. The van der Waals surface area contributed by atoms with Crippen molar-refractivity contribution in [3.8, 4) is 17.2 Å². The smallest absolute Gasteiger partial charge is 0.190 e. The molecule has 0 radical (unpaired) electrons. The van der Waals surface area contributed by atoms with Crippen molar-refractivity contribution in [1.29, 1.82) is 0 Å². The van der Waals surface area contributed by atoms with E-state index in [0.717, 1.165) is 49.0 Å². The molecule has 0 heterocycles. The Morgan fingerprint density at radius 2 is 1.58 bits per heavy atom. The molecule has 7 nitrogen and oxygen atoms in total. The van der Waals surface area contributed by atoms with Gasteiger partial charge < -0.3 is 29.6 Å². The van der Waals surface area contributed by atoms with E-state index in [0.29, 0.717) is 12.3 Å². The average molecular weight is 339 g/mol. The van der Waals surface area contributed by atoms with E-state index in [4.69, 9.17) is 18.9 Å². The fourth-order valence-electron chi connectivity index (χ4n) is 2.27. The van der Waals surface area contributed by atoms with E-state index in [2.05, 4.69) is 15.6 Å². The molecule has 0 atom stereocenters. The van der Waals surface area contributed by atoms with Gasteiger partial charge >= 0.3 is 0 Å². The molecule has 136 valence electrons. The summed E-state index contributed by atoms with van der Waals surface area (Å²) in [5, 5.41) is 6.52. The van der Waals surface area contributed by atoms with Gasteiger partial charge in [-0.3, -0.25) is 4.99 Å². The number of guanidine groups is 1. The molecular weight excluding hydrogens is 310 g/mol. The second-order valence-electron chi connectivity index (χ2n) is 5.03. The SMILES string of the molecule is CN=C(NCCCOC)NCCc1c(OC)cc(OC)cc1OC. The van der Waals surface area contributed by atoms with E-state index in [-0.39, 0.29) is 0 Å². The number of benzene rings is 1. The zero-order chi connectivity index (χ0) is 17.8. The van der Waals surface area contributed by atoms with Crippen LogP contribution in [0.15, 0.2) is 17.1 Å². The first-order valence-corrected chi connectivity index (χ1v) is 7.92. The fraction of sp³-hybridized carbons (Fsp3) is 0.588. The molecule has 0 saturated heterocycles. The molecule has 1 rings (SSSR count). The van der Waals surface area contributed by atoms with E-state index in [1.54, 1.807) is 35.5 Å². The number of hydrogen-bond donors (Lipinski definition) is 2. The maximum absolute atomic E-state index is 5.46. The molecule has 0 aliphatic carbocycles. The summed E-state index contributed by atoms with van der Waals surface area (Å²) >= 11 is 0. The maximum Gasteiger partial charge on any atom is 0.190 e. The summed E-state index contributed by atoms with van der Waals surface area (Å²) in [5.41, 5.74) is 0.989. The topological polar surface area (TPSA) is 73.3 Å². The lowest BCUT2D eigenvalue weighted by molar-refractivity contribution is 0.195. The number of nitrogens with zero attached hydrogens (tertiary/aromatic N) is 1. The monoisotopic (exact) mass is 339 g/mol. The first-order chi connectivity index (χ1) is 11.7. The zero-order valence-electron chi connectivity index (χ0n) is 15.3. The first kappa shape index (κ1) is 19.9. The molecule has 1 aromatic carbocycles. The van der Waals surface area contributed by atoms with Gasteiger partial charge in [0, 0.05) is 51.6 Å². The minimum Gasteiger partial charge on any atom is -0.496 e. The number of aliphatic imine (C=N–C) groups is 1. The minimum absolute atomic E-state index is 0.697. The highest BCUT2D eigenvalue weighted by atomic mass is 16.5. The molecule has 0 aliphatic heterocycles. The lowest BCUT2D eigenvalue weighted by Crippen LogP contribution is -2.39. The summed E-state index contributed by atoms with van der Waals surface area (Å²) in [6, 6.07) is 3.71. The van der Waals surface area contributed by atoms with E-state index in [1.165, 1.54) is 0 Å². The third kappa shape index (κ3) is 6.16. The molecule has 0 aromatic heterocycles. The van der Waals surface area contributed by atoms with Gasteiger partial charge in [-0.05, 0) is 12.8 Å². The van der Waals surface area contributed by atoms with Gasteiger partial charge in [0.2, 0.25) is 0 Å². The van der Waals surface area contributed by atoms with Crippen LogP contribution >= 0.6 is 0 Å². The van der Waals surface area contributed by atoms with Crippen molar-refractivity contribution in [1.82, 2.24) is 10.6 Å². The van der Waals surface area contributed by atoms with Crippen molar-refractivity contribution in [3.63, 3.8) is 0 Å². The molecule has 0 bridgehead atoms. The number of rotatable bonds is 10. The van der Waals surface area contributed by atoms with E-state index < -0.39 is 0 Å². The second-order valence-corrected chi connectivity index (χ2v) is 5.03. The van der Waals surface area contributed by atoms with Gasteiger partial charge in [0.05, 0.1) is 21.3 Å². The van der Waals surface area contributed by atoms with Crippen LogP contribution in [0.1, 0.15) is 12.0 Å². The predicted molar refractivity (Wildman–Crippen MR) is 95.7 cm³/mol. The molecule has 1 aromatic rings. The molecule has 0 fully saturated rings. The molecule has 0 spiro atoms. The van der Waals surface area contributed by atoms with Crippen LogP contribution in [0.2, 0.25) is 0 Å². The minimum atomic E-state index is 0.697. The van der Waals surface area contributed by atoms with Crippen LogP contribution in [0.4, 0.5) is 0 Å². The molecule has 2 N–H and O–H groups in total. The summed E-state index contributed by atoms with van der Waals surface area (Å²) in [6.07, 6.45) is 1.66. The van der Waals surface area contributed by atoms with Crippen LogP contribution in [0.3, 0.4) is 0 Å². The molecule has 7 heteroatoms. The molecular formula is C17H29N3O4. The lowest BCUT2D eigenvalue weighted by atomic mass is 10.1. The molecule has 24 heavy (non-hydrogen) atoms. The summed E-state index contributed by atoms with van der Waals surface area (Å²) in [5.74, 6) is 2.96. The van der Waals surface area contributed by atoms with Crippen LogP contribution in [-0.4, -0.2) is 61.1 Å². The number of nitrogens with one attached hydrogen (secondary N) is 2. The van der Waals surface area contributed by atoms with Crippen molar-refractivity contribution in [2.24, 2.45) is 4.99 Å². The van der Waals surface area contributed by atoms with Crippen molar-refractivity contribution in [2.75, 3.05) is 55.2 Å². The summed E-state index contributed by atoms with van der Waals surface area (Å²) in [6.45, 7) is 2.23. The number of ether oxygens (including phenoxy) is 4. The predicted octanol–water partition coefficient (Wildman–Crippen LogP) is 1.46. The summed E-state index contributed by atoms with van der Waals surface area (Å²) in [7, 11) is 8.35. The molecule has 0 saturated carbocycles. The van der Waals surface area contributed by atoms with Gasteiger partial charge in [0.25, 0.3) is 0 Å². The van der Waals surface area contributed by atoms with E-state index in [9.17, 15) is 0 Å². The molecule has 0 aliphatic rings. The Bertz CT molecular complexity index is 496. The third-order valence-electron chi connectivity index (χ3n) is 3.53. The van der Waals surface area contributed by atoms with Crippen LogP contribution < -0.4 is 24.8 Å². The Labute approximate surface area is 144 Å². The number of methoxy groups -OCH3 is 4. The van der Waals surface area contributed by atoms with Gasteiger partial charge in [0.15, 0.2) is 5.96 Å². The van der Waals surface area contributed by atoms with Gasteiger partial charge in [-0.15, -0.1) is 0 Å². The van der Waals surface area contributed by atoms with Crippen molar-refractivity contribution < 1.29 is 18.9 Å². The highest BCUT2D eigenvalue weighted by Crippen LogP contribution is 2.34. The van der Waals surface area contributed by atoms with Gasteiger partial charge in [0.1, 0.15) is 17.2 Å². The van der Waals surface area contributed by atoms with E-state index >= 15 is 0 Å². The van der Waals surface area contributed by atoms with Crippen LogP contribution in [0.5, 0.6) is 17.2 Å². The van der Waals surface area contributed by atoms with Crippen molar-refractivity contribution >= 4 is 5.96 Å². The quantitative estimate of drug-likeness (QED) is 0.382. The van der Waals surface area contributed by atoms with Crippen LogP contribution in [0, 0.1) is 0 Å². The summed E-state index contributed by atoms with van der Waals surface area (Å²) < 4.78 is 21.2. The Balaban J connectivity index is 2.62. The van der Waals surface area contributed by atoms with Crippen LogP contribution in [-0.2, 0) is 11.2 Å². The van der Waals surface area contributed by atoms with Gasteiger partial charge in [-0.25, -0.2) is 0 Å². The average Bonchev–Trinajstić information content (AvgIpc) is 2.63. The highest BCUT2D eigenvalue weighted by molar-refractivity contribution is 5.79. The Morgan fingerprint density at radius 1 is 0.958 bits per heavy atom. The Hall–Kier alpha value is -2.15. The van der Waals surface area contributed by atoms with Crippen LogP contribution in [0.25, 0.3) is 0 Å². The largest absolute Gasteiger partial charge is 0.496 e. The van der Waals surface area contributed by atoms with Crippen molar-refractivity contribution in [2.45, 2.75) is 12.8 Å². The maximum atomic E-state index is 5.46. The Kier molecular flexibility index (Phi) is 9.45. The standard InChI is InChI=1S/C17H29N3O4/c1-18-17(19-8-6-10-21-2)20-9-7-14-15(23-4)11-13(22-3)12-16(14)24-5/h11-12H,6-10H2,1-5H3,(H2,18,19,20). The third-order valence-corrected chi connectivity index (χ3v) is 3.53. The number of hydrogen-bond acceptors (Lipinski definition) is 5. The van der Waals surface area contributed by atoms with Gasteiger partial charge in [-0.1, -0.05) is 0 Å². The highest BCUT2D eigenvalue weighted by Gasteiger charge is 2.13. The zero-order valence-corrected chi connectivity index (χ0v) is 15.3. The fourth-order valence-corrected chi connectivity index (χ4v) is 2.27. The van der Waals surface area contributed by atoms with E-state index in [1.807, 2.05) is 12.1 Å². The lowest BCUT2D eigenvalue weighted by Gasteiger charge is -2.16. The second kappa shape index (κ2) is 11.4.